The van der Waals surface area contributed by atoms with E-state index in [2.05, 4.69) is 4.98 Å². The van der Waals surface area contributed by atoms with Crippen LogP contribution in [0.1, 0.15) is 20.7 Å². The summed E-state index contributed by atoms with van der Waals surface area (Å²) in [7, 11) is 0. The van der Waals surface area contributed by atoms with Gasteiger partial charge in [0, 0.05) is 18.0 Å². The lowest BCUT2D eigenvalue weighted by atomic mass is 10.2. The van der Waals surface area contributed by atoms with Crippen molar-refractivity contribution in [3.8, 4) is 5.75 Å². The van der Waals surface area contributed by atoms with Gasteiger partial charge < -0.3 is 15.7 Å². The summed E-state index contributed by atoms with van der Waals surface area (Å²) in [5.74, 6) is 3.67. The number of hydrogen-bond donors (Lipinski definition) is 4. The molecule has 112 valence electrons. The SMILES string of the molecule is NNC(=O)c1ccncc1.O.O=C(O)c1ccc(O)cc1. The van der Waals surface area contributed by atoms with Crippen molar-refractivity contribution < 1.29 is 25.3 Å². The molecule has 0 saturated carbocycles. The maximum atomic E-state index is 10.7. The molecule has 1 aromatic carbocycles. The number of benzene rings is 1. The van der Waals surface area contributed by atoms with Crippen LogP contribution >= 0.6 is 0 Å². The molecule has 2 rings (SSSR count). The van der Waals surface area contributed by atoms with Crippen molar-refractivity contribution in [2.45, 2.75) is 0 Å². The lowest BCUT2D eigenvalue weighted by Gasteiger charge is -1.95. The van der Waals surface area contributed by atoms with Crippen LogP contribution < -0.4 is 11.3 Å². The number of carbonyl (C=O) groups is 2. The first kappa shape index (κ1) is 18.0. The van der Waals surface area contributed by atoms with Gasteiger partial charge in [0.25, 0.3) is 5.91 Å². The number of nitrogen functional groups attached to an aromatic ring is 1. The molecular formula is C13H15N3O5. The van der Waals surface area contributed by atoms with E-state index in [4.69, 9.17) is 16.1 Å². The topological polar surface area (TPSA) is 157 Å². The normalized spacial score (nSPS) is 8.62. The molecule has 7 N–H and O–H groups in total. The number of phenolic OH excluding ortho intramolecular Hbond substituents is 1. The van der Waals surface area contributed by atoms with Crippen LogP contribution in [0.4, 0.5) is 0 Å². The van der Waals surface area contributed by atoms with Crippen molar-refractivity contribution in [1.82, 2.24) is 10.4 Å². The summed E-state index contributed by atoms with van der Waals surface area (Å²) in [6.45, 7) is 0. The van der Waals surface area contributed by atoms with Gasteiger partial charge in [-0.3, -0.25) is 15.2 Å². The van der Waals surface area contributed by atoms with Gasteiger partial charge in [-0.25, -0.2) is 10.6 Å². The van der Waals surface area contributed by atoms with E-state index in [1.807, 2.05) is 5.43 Å². The van der Waals surface area contributed by atoms with Crippen molar-refractivity contribution in [3.63, 3.8) is 0 Å². The molecule has 0 unspecified atom stereocenters. The highest BCUT2D eigenvalue weighted by Gasteiger charge is 1.99. The summed E-state index contributed by atoms with van der Waals surface area (Å²) in [6, 6.07) is 8.53. The molecule has 0 fully saturated rings. The van der Waals surface area contributed by atoms with Crippen molar-refractivity contribution >= 4 is 11.9 Å². The number of carboxylic acids is 1. The Morgan fingerprint density at radius 3 is 1.95 bits per heavy atom. The number of rotatable bonds is 2. The van der Waals surface area contributed by atoms with Crippen LogP contribution in [0.25, 0.3) is 0 Å². The number of nitrogens with two attached hydrogens (primary N) is 1. The van der Waals surface area contributed by atoms with Gasteiger partial charge >= 0.3 is 5.97 Å². The predicted molar refractivity (Wildman–Crippen MR) is 74.6 cm³/mol. The summed E-state index contributed by atoms with van der Waals surface area (Å²) in [5, 5.41) is 17.1. The second-order valence-electron chi connectivity index (χ2n) is 3.56. The Kier molecular flexibility index (Phi) is 7.74. The Morgan fingerprint density at radius 1 is 1.00 bits per heavy atom. The van der Waals surface area contributed by atoms with E-state index in [1.54, 1.807) is 12.1 Å². The fourth-order valence-corrected chi connectivity index (χ4v) is 1.19. The molecule has 1 aromatic heterocycles. The average molecular weight is 293 g/mol. The zero-order valence-corrected chi connectivity index (χ0v) is 10.9. The molecule has 1 heterocycles. The van der Waals surface area contributed by atoms with E-state index in [0.717, 1.165) is 0 Å². The number of carboxylic acid groups (broad SMARTS) is 1. The lowest BCUT2D eigenvalue weighted by Crippen LogP contribution is -2.29. The number of aromatic nitrogens is 1. The molecule has 0 spiro atoms. The molecule has 2 aromatic rings. The molecule has 1 amide bonds. The number of hydrazine groups is 1. The number of carbonyl (C=O) groups excluding carboxylic acids is 1. The molecule has 0 aliphatic heterocycles. The highest BCUT2D eigenvalue weighted by Crippen LogP contribution is 2.08. The van der Waals surface area contributed by atoms with E-state index >= 15 is 0 Å². The Hall–Kier alpha value is -2.97. The summed E-state index contributed by atoms with van der Waals surface area (Å²) in [4.78, 5) is 24.7. The van der Waals surface area contributed by atoms with E-state index in [-0.39, 0.29) is 22.7 Å². The summed E-state index contributed by atoms with van der Waals surface area (Å²) in [5.41, 5.74) is 2.70. The van der Waals surface area contributed by atoms with Crippen molar-refractivity contribution in [3.05, 3.63) is 59.9 Å². The molecule has 0 saturated heterocycles. The van der Waals surface area contributed by atoms with Crippen molar-refractivity contribution in [1.29, 1.82) is 0 Å². The third-order valence-corrected chi connectivity index (χ3v) is 2.19. The van der Waals surface area contributed by atoms with Gasteiger partial charge in [0.1, 0.15) is 5.75 Å². The molecule has 8 nitrogen and oxygen atoms in total. The van der Waals surface area contributed by atoms with Gasteiger partial charge in [0.2, 0.25) is 0 Å². The molecule has 0 atom stereocenters. The zero-order chi connectivity index (χ0) is 15.0. The Balaban J connectivity index is 0.000000364. The Bertz CT molecular complexity index is 572. The molecule has 0 radical (unpaired) electrons. The van der Waals surface area contributed by atoms with Gasteiger partial charge in [-0.05, 0) is 36.4 Å². The van der Waals surface area contributed by atoms with E-state index < -0.39 is 5.97 Å². The summed E-state index contributed by atoms with van der Waals surface area (Å²) in [6.07, 6.45) is 3.06. The predicted octanol–water partition coefficient (Wildman–Crippen LogP) is -0.0492. The van der Waals surface area contributed by atoms with Gasteiger partial charge in [0.15, 0.2) is 0 Å². The third-order valence-electron chi connectivity index (χ3n) is 2.19. The highest BCUT2D eigenvalue weighted by atomic mass is 16.4. The maximum absolute atomic E-state index is 10.7. The minimum Gasteiger partial charge on any atom is -0.508 e. The van der Waals surface area contributed by atoms with Crippen LogP contribution in [-0.2, 0) is 0 Å². The number of hydrogen-bond acceptors (Lipinski definition) is 5. The van der Waals surface area contributed by atoms with E-state index in [0.29, 0.717) is 5.56 Å². The largest absolute Gasteiger partial charge is 0.508 e. The minimum absolute atomic E-state index is 0. The molecule has 8 heteroatoms. The second-order valence-corrected chi connectivity index (χ2v) is 3.56. The van der Waals surface area contributed by atoms with E-state index in [9.17, 15) is 9.59 Å². The van der Waals surface area contributed by atoms with Crippen molar-refractivity contribution in [2.24, 2.45) is 5.84 Å². The number of aromatic carboxylic acids is 1. The molecule has 21 heavy (non-hydrogen) atoms. The van der Waals surface area contributed by atoms with Crippen molar-refractivity contribution in [2.75, 3.05) is 0 Å². The fourth-order valence-electron chi connectivity index (χ4n) is 1.19. The second kappa shape index (κ2) is 9.02. The zero-order valence-electron chi connectivity index (χ0n) is 10.9. The highest BCUT2D eigenvalue weighted by molar-refractivity contribution is 5.93. The number of pyridine rings is 1. The molecule has 0 aliphatic carbocycles. The minimum atomic E-state index is -0.986. The average Bonchev–Trinajstić information content (AvgIpc) is 2.48. The first-order chi connectivity index (χ1) is 9.54. The van der Waals surface area contributed by atoms with Crippen LogP contribution in [0, 0.1) is 0 Å². The summed E-state index contributed by atoms with van der Waals surface area (Å²) < 4.78 is 0. The number of nitrogens with one attached hydrogen (secondary N) is 1. The number of phenols is 1. The lowest BCUT2D eigenvalue weighted by molar-refractivity contribution is 0.0696. The van der Waals surface area contributed by atoms with Gasteiger partial charge in [-0.15, -0.1) is 0 Å². The summed E-state index contributed by atoms with van der Waals surface area (Å²) >= 11 is 0. The Labute approximate surface area is 120 Å². The standard InChI is InChI=1S/C7H6O3.C6H7N3O.H2O/c8-6-3-1-5(2-4-6)7(9)10;7-9-6(10)5-1-3-8-4-2-5;/h1-4,8H,(H,9,10);1-4H,7H2,(H,9,10);1H2. The maximum Gasteiger partial charge on any atom is 0.335 e. The molecular weight excluding hydrogens is 278 g/mol. The van der Waals surface area contributed by atoms with Gasteiger partial charge in [-0.1, -0.05) is 0 Å². The van der Waals surface area contributed by atoms with Crippen LogP contribution in [0.2, 0.25) is 0 Å². The smallest absolute Gasteiger partial charge is 0.335 e. The van der Waals surface area contributed by atoms with Crippen LogP contribution in [0.15, 0.2) is 48.8 Å². The van der Waals surface area contributed by atoms with Gasteiger partial charge in [-0.2, -0.15) is 0 Å². The third kappa shape index (κ3) is 6.14. The molecule has 0 aliphatic rings. The number of aromatic hydroxyl groups is 1. The van der Waals surface area contributed by atoms with E-state index in [1.165, 1.54) is 36.7 Å². The Morgan fingerprint density at radius 2 is 1.52 bits per heavy atom. The van der Waals surface area contributed by atoms with Crippen LogP contribution in [0.5, 0.6) is 5.75 Å². The quantitative estimate of drug-likeness (QED) is 0.345. The molecule has 0 bridgehead atoms. The first-order valence-corrected chi connectivity index (χ1v) is 5.48. The number of amides is 1. The monoisotopic (exact) mass is 293 g/mol. The first-order valence-electron chi connectivity index (χ1n) is 5.48. The van der Waals surface area contributed by atoms with Crippen LogP contribution in [-0.4, -0.2) is 32.5 Å². The van der Waals surface area contributed by atoms with Crippen LogP contribution in [0.3, 0.4) is 0 Å². The van der Waals surface area contributed by atoms with Gasteiger partial charge in [0.05, 0.1) is 5.56 Å². The number of nitrogens with zero attached hydrogens (tertiary/aromatic N) is 1. The fraction of sp³-hybridized carbons (Fsp3) is 0.